The van der Waals surface area contributed by atoms with Crippen LogP contribution < -0.4 is 10.6 Å². The van der Waals surface area contributed by atoms with E-state index in [0.29, 0.717) is 17.1 Å². The van der Waals surface area contributed by atoms with E-state index in [1.165, 1.54) is 30.6 Å². The number of aromatic nitrogens is 2. The number of halogens is 1. The highest BCUT2D eigenvalue weighted by atomic mass is 19.1. The second-order valence-corrected chi connectivity index (χ2v) is 5.61. The van der Waals surface area contributed by atoms with Crippen molar-refractivity contribution in [3.05, 3.63) is 78.0 Å². The Morgan fingerprint density at radius 1 is 1.00 bits per heavy atom. The van der Waals surface area contributed by atoms with Gasteiger partial charge in [-0.05, 0) is 31.2 Å². The van der Waals surface area contributed by atoms with Gasteiger partial charge in [0.1, 0.15) is 17.3 Å². The molecule has 1 amide bonds. The predicted octanol–water partition coefficient (Wildman–Crippen LogP) is 3.79. The number of ether oxygens (including phenoxy) is 1. The molecule has 0 aliphatic heterocycles. The zero-order valence-electron chi connectivity index (χ0n) is 15.0. The summed E-state index contributed by atoms with van der Waals surface area (Å²) in [4.78, 5) is 32.4. The van der Waals surface area contributed by atoms with E-state index < -0.39 is 17.7 Å². The molecule has 0 atom stereocenters. The van der Waals surface area contributed by atoms with Crippen molar-refractivity contribution in [2.45, 2.75) is 6.92 Å². The third-order valence-corrected chi connectivity index (χ3v) is 3.69. The lowest BCUT2D eigenvalue weighted by Crippen LogP contribution is -2.15. The molecule has 0 radical (unpaired) electrons. The van der Waals surface area contributed by atoms with Crippen LogP contribution in [0.5, 0.6) is 0 Å². The average molecular weight is 380 g/mol. The van der Waals surface area contributed by atoms with E-state index >= 15 is 0 Å². The molecule has 0 saturated carbocycles. The molecule has 8 heteroatoms. The third kappa shape index (κ3) is 4.47. The first-order chi connectivity index (χ1) is 13.6. The molecular weight excluding hydrogens is 363 g/mol. The minimum Gasteiger partial charge on any atom is -0.462 e. The summed E-state index contributed by atoms with van der Waals surface area (Å²) >= 11 is 0. The van der Waals surface area contributed by atoms with Crippen molar-refractivity contribution in [1.82, 2.24) is 9.97 Å². The van der Waals surface area contributed by atoms with Gasteiger partial charge < -0.3 is 15.4 Å². The van der Waals surface area contributed by atoms with Gasteiger partial charge in [-0.3, -0.25) is 4.79 Å². The van der Waals surface area contributed by atoms with Crippen LogP contribution in [0.2, 0.25) is 0 Å². The Bertz CT molecular complexity index is 993. The van der Waals surface area contributed by atoms with Gasteiger partial charge in [-0.25, -0.2) is 19.2 Å². The van der Waals surface area contributed by atoms with Crippen molar-refractivity contribution >= 4 is 29.1 Å². The molecule has 3 rings (SSSR count). The Balaban J connectivity index is 1.73. The molecule has 0 bridgehead atoms. The maximum atomic E-state index is 13.6. The minimum atomic E-state index is -0.587. The zero-order valence-corrected chi connectivity index (χ0v) is 15.0. The lowest BCUT2D eigenvalue weighted by Gasteiger charge is -2.11. The van der Waals surface area contributed by atoms with Crippen molar-refractivity contribution in [3.63, 3.8) is 0 Å². The summed E-state index contributed by atoms with van der Waals surface area (Å²) in [6, 6.07) is 12.6. The fraction of sp³-hybridized carbons (Fsp3) is 0.100. The molecule has 0 aliphatic rings. The molecule has 3 aromatic rings. The Morgan fingerprint density at radius 3 is 2.39 bits per heavy atom. The first-order valence-corrected chi connectivity index (χ1v) is 8.49. The number of hydrogen-bond donors (Lipinski definition) is 2. The van der Waals surface area contributed by atoms with Crippen LogP contribution in [0.25, 0.3) is 0 Å². The number of para-hydroxylation sites is 2. The van der Waals surface area contributed by atoms with E-state index in [2.05, 4.69) is 20.6 Å². The van der Waals surface area contributed by atoms with E-state index in [0.717, 1.165) is 0 Å². The summed E-state index contributed by atoms with van der Waals surface area (Å²) in [5.41, 5.74) is 0.929. The highest BCUT2D eigenvalue weighted by Gasteiger charge is 2.14. The fourth-order valence-corrected chi connectivity index (χ4v) is 2.38. The molecule has 142 valence electrons. The van der Waals surface area contributed by atoms with Crippen molar-refractivity contribution in [2.75, 3.05) is 17.2 Å². The second kappa shape index (κ2) is 8.72. The monoisotopic (exact) mass is 380 g/mol. The third-order valence-electron chi connectivity index (χ3n) is 3.69. The van der Waals surface area contributed by atoms with E-state index in [1.54, 1.807) is 37.3 Å². The Morgan fingerprint density at radius 2 is 1.71 bits per heavy atom. The van der Waals surface area contributed by atoms with Gasteiger partial charge in [0.25, 0.3) is 5.91 Å². The lowest BCUT2D eigenvalue weighted by atomic mass is 10.2. The number of amides is 1. The van der Waals surface area contributed by atoms with Gasteiger partial charge >= 0.3 is 5.97 Å². The fourth-order valence-electron chi connectivity index (χ4n) is 2.38. The van der Waals surface area contributed by atoms with Gasteiger partial charge in [0.05, 0.1) is 35.9 Å². The van der Waals surface area contributed by atoms with Gasteiger partial charge in [0.15, 0.2) is 0 Å². The number of carbonyl (C=O) groups excluding carboxylic acids is 2. The number of rotatable bonds is 6. The standard InChI is InChI=1S/C20H17FN4O3/c1-2-28-20(27)13-7-3-5-9-15(13)24-18-12-22-17(11-23-18)19(26)25-16-10-6-4-8-14(16)21/h3-12H,2H2,1H3,(H,23,24)(H,25,26). The van der Waals surface area contributed by atoms with Gasteiger partial charge in [-0.15, -0.1) is 0 Å². The highest BCUT2D eigenvalue weighted by Crippen LogP contribution is 2.20. The largest absolute Gasteiger partial charge is 0.462 e. The normalized spacial score (nSPS) is 10.2. The van der Waals surface area contributed by atoms with Gasteiger partial charge in [-0.2, -0.15) is 0 Å². The topological polar surface area (TPSA) is 93.2 Å². The van der Waals surface area contributed by atoms with Crippen LogP contribution in [0.15, 0.2) is 60.9 Å². The molecule has 0 spiro atoms. The van der Waals surface area contributed by atoms with Crippen molar-refractivity contribution in [2.24, 2.45) is 0 Å². The molecule has 28 heavy (non-hydrogen) atoms. The predicted molar refractivity (Wildman–Crippen MR) is 102 cm³/mol. The first kappa shape index (κ1) is 19.0. The van der Waals surface area contributed by atoms with Crippen LogP contribution in [0, 0.1) is 5.82 Å². The smallest absolute Gasteiger partial charge is 0.340 e. The van der Waals surface area contributed by atoms with E-state index in [-0.39, 0.29) is 18.0 Å². The number of nitrogens with one attached hydrogen (secondary N) is 2. The average Bonchev–Trinajstić information content (AvgIpc) is 2.71. The maximum absolute atomic E-state index is 13.6. The molecule has 2 N–H and O–H groups in total. The number of carbonyl (C=O) groups is 2. The molecule has 0 unspecified atom stereocenters. The lowest BCUT2D eigenvalue weighted by molar-refractivity contribution is 0.0527. The molecule has 0 saturated heterocycles. The Labute approximate surface area is 160 Å². The number of esters is 1. The number of nitrogens with zero attached hydrogens (tertiary/aromatic N) is 2. The quantitative estimate of drug-likeness (QED) is 0.632. The summed E-state index contributed by atoms with van der Waals surface area (Å²) in [5.74, 6) is -1.26. The van der Waals surface area contributed by atoms with E-state index in [1.807, 2.05) is 0 Å². The molecule has 7 nitrogen and oxygen atoms in total. The van der Waals surface area contributed by atoms with Gasteiger partial charge in [0.2, 0.25) is 0 Å². The number of hydrogen-bond acceptors (Lipinski definition) is 6. The molecule has 1 aromatic heterocycles. The maximum Gasteiger partial charge on any atom is 0.340 e. The SMILES string of the molecule is CCOC(=O)c1ccccc1Nc1cnc(C(=O)Nc2ccccc2F)cn1. The summed E-state index contributed by atoms with van der Waals surface area (Å²) in [6.07, 6.45) is 2.60. The molecule has 0 aliphatic carbocycles. The molecule has 1 heterocycles. The van der Waals surface area contributed by atoms with Crippen LogP contribution in [0.4, 0.5) is 21.6 Å². The van der Waals surface area contributed by atoms with E-state index in [9.17, 15) is 14.0 Å². The van der Waals surface area contributed by atoms with Crippen LogP contribution in [-0.2, 0) is 4.74 Å². The van der Waals surface area contributed by atoms with Gasteiger partial charge in [-0.1, -0.05) is 24.3 Å². The first-order valence-electron chi connectivity index (χ1n) is 8.49. The second-order valence-electron chi connectivity index (χ2n) is 5.61. The Kier molecular flexibility index (Phi) is 5.91. The highest BCUT2D eigenvalue weighted by molar-refractivity contribution is 6.02. The molecular formula is C20H17FN4O3. The van der Waals surface area contributed by atoms with Gasteiger partial charge in [0, 0.05) is 0 Å². The van der Waals surface area contributed by atoms with Crippen LogP contribution >= 0.6 is 0 Å². The van der Waals surface area contributed by atoms with Crippen LogP contribution in [-0.4, -0.2) is 28.5 Å². The summed E-state index contributed by atoms with van der Waals surface area (Å²) in [5, 5.41) is 5.41. The molecule has 2 aromatic carbocycles. The van der Waals surface area contributed by atoms with Crippen LogP contribution in [0.3, 0.4) is 0 Å². The molecule has 0 fully saturated rings. The summed E-state index contributed by atoms with van der Waals surface area (Å²) in [6.45, 7) is 1.99. The Hall–Kier alpha value is -3.81. The minimum absolute atomic E-state index is 0.0208. The van der Waals surface area contributed by atoms with Crippen molar-refractivity contribution in [3.8, 4) is 0 Å². The van der Waals surface area contributed by atoms with Crippen molar-refractivity contribution in [1.29, 1.82) is 0 Å². The van der Waals surface area contributed by atoms with Crippen molar-refractivity contribution < 1.29 is 18.7 Å². The van der Waals surface area contributed by atoms with E-state index in [4.69, 9.17) is 4.74 Å². The number of benzene rings is 2. The number of anilines is 3. The summed E-state index contributed by atoms with van der Waals surface area (Å²) in [7, 11) is 0. The zero-order chi connectivity index (χ0) is 19.9. The van der Waals surface area contributed by atoms with Crippen LogP contribution in [0.1, 0.15) is 27.8 Å². The summed E-state index contributed by atoms with van der Waals surface area (Å²) < 4.78 is 18.7.